The molecule has 3 heteroatoms. The van der Waals surface area contributed by atoms with Crippen LogP contribution in [0.1, 0.15) is 68.8 Å². The monoisotopic (exact) mass is 368 g/mol. The maximum Gasteiger partial charge on any atom is 0.343 e. The molecule has 0 aliphatic rings. The quantitative estimate of drug-likeness (QED) is 0.260. The summed E-state index contributed by atoms with van der Waals surface area (Å²) < 4.78 is 11.2. The standard InChI is InChI=1S/C24H32O3/c1-4-6-7-8-17-26-22-15-11-21(12-16-22)24(25)27-23-13-9-20(10-14-23)18-19(3)5-2/h9-16,19H,4-8,17-18H2,1-3H3/t19-/m0/s1. The molecular formula is C24H32O3. The Morgan fingerprint density at radius 1 is 0.889 bits per heavy atom. The van der Waals surface area contributed by atoms with Crippen molar-refractivity contribution in [3.05, 3.63) is 59.7 Å². The molecule has 0 amide bonds. The summed E-state index contributed by atoms with van der Waals surface area (Å²) in [7, 11) is 0. The first-order valence-corrected chi connectivity index (χ1v) is 10.2. The normalized spacial score (nSPS) is 11.8. The lowest BCUT2D eigenvalue weighted by Crippen LogP contribution is -2.08. The fraction of sp³-hybridized carbons (Fsp3) is 0.458. The van der Waals surface area contributed by atoms with E-state index in [2.05, 4.69) is 20.8 Å². The number of carbonyl (C=O) groups is 1. The van der Waals surface area contributed by atoms with Crippen LogP contribution in [0.4, 0.5) is 0 Å². The number of hydrogen-bond donors (Lipinski definition) is 0. The van der Waals surface area contributed by atoms with Crippen LogP contribution in [0.5, 0.6) is 11.5 Å². The number of carbonyl (C=O) groups excluding carboxylic acids is 1. The van der Waals surface area contributed by atoms with Gasteiger partial charge in [-0.15, -0.1) is 0 Å². The first kappa shape index (κ1) is 21.0. The van der Waals surface area contributed by atoms with Gasteiger partial charge in [0.05, 0.1) is 12.2 Å². The predicted octanol–water partition coefficient (Wildman–Crippen LogP) is 6.45. The molecule has 0 radical (unpaired) electrons. The van der Waals surface area contributed by atoms with Crippen LogP contribution in [0.3, 0.4) is 0 Å². The molecule has 2 aromatic rings. The van der Waals surface area contributed by atoms with E-state index >= 15 is 0 Å². The van der Waals surface area contributed by atoms with Gasteiger partial charge < -0.3 is 9.47 Å². The van der Waals surface area contributed by atoms with Gasteiger partial charge in [-0.1, -0.05) is 58.6 Å². The highest BCUT2D eigenvalue weighted by Gasteiger charge is 2.09. The summed E-state index contributed by atoms with van der Waals surface area (Å²) in [5, 5.41) is 0. The van der Waals surface area contributed by atoms with Crippen LogP contribution in [0.2, 0.25) is 0 Å². The van der Waals surface area contributed by atoms with Crippen molar-refractivity contribution in [3.8, 4) is 11.5 Å². The Kier molecular flexibility index (Phi) is 8.90. The topological polar surface area (TPSA) is 35.5 Å². The van der Waals surface area contributed by atoms with Crippen molar-refractivity contribution in [1.29, 1.82) is 0 Å². The van der Waals surface area contributed by atoms with E-state index in [0.29, 0.717) is 23.8 Å². The molecule has 0 N–H and O–H groups in total. The summed E-state index contributed by atoms with van der Waals surface area (Å²) in [6.07, 6.45) is 6.92. The van der Waals surface area contributed by atoms with Crippen LogP contribution in [-0.4, -0.2) is 12.6 Å². The van der Waals surface area contributed by atoms with Gasteiger partial charge in [0.15, 0.2) is 0 Å². The largest absolute Gasteiger partial charge is 0.494 e. The molecule has 0 saturated heterocycles. The summed E-state index contributed by atoms with van der Waals surface area (Å²) in [5.74, 6) is 1.67. The minimum absolute atomic E-state index is 0.348. The van der Waals surface area contributed by atoms with Gasteiger partial charge in [0.1, 0.15) is 11.5 Å². The van der Waals surface area contributed by atoms with E-state index in [-0.39, 0.29) is 5.97 Å². The highest BCUT2D eigenvalue weighted by atomic mass is 16.5. The molecule has 0 aliphatic heterocycles. The van der Waals surface area contributed by atoms with E-state index in [1.807, 2.05) is 36.4 Å². The van der Waals surface area contributed by atoms with Crippen molar-refractivity contribution in [1.82, 2.24) is 0 Å². The minimum atomic E-state index is -0.348. The third-order valence-electron chi connectivity index (χ3n) is 4.77. The van der Waals surface area contributed by atoms with Crippen molar-refractivity contribution >= 4 is 5.97 Å². The van der Waals surface area contributed by atoms with E-state index in [0.717, 1.165) is 25.0 Å². The molecule has 0 bridgehead atoms. The Morgan fingerprint density at radius 3 is 2.19 bits per heavy atom. The Morgan fingerprint density at radius 2 is 1.56 bits per heavy atom. The second kappa shape index (κ2) is 11.4. The summed E-state index contributed by atoms with van der Waals surface area (Å²) in [5.41, 5.74) is 1.79. The number of esters is 1. The fourth-order valence-corrected chi connectivity index (χ4v) is 2.81. The van der Waals surface area contributed by atoms with Gasteiger partial charge in [-0.2, -0.15) is 0 Å². The SMILES string of the molecule is CCCCCCOc1ccc(C(=O)Oc2ccc(C[C@@H](C)CC)cc2)cc1. The molecule has 27 heavy (non-hydrogen) atoms. The molecule has 2 rings (SSSR count). The smallest absolute Gasteiger partial charge is 0.343 e. The lowest BCUT2D eigenvalue weighted by Gasteiger charge is -2.10. The molecule has 0 saturated carbocycles. The maximum atomic E-state index is 12.3. The van der Waals surface area contributed by atoms with Crippen LogP contribution in [0.25, 0.3) is 0 Å². The number of ether oxygens (including phenoxy) is 2. The second-order valence-electron chi connectivity index (χ2n) is 7.18. The molecule has 146 valence electrons. The third kappa shape index (κ3) is 7.46. The van der Waals surface area contributed by atoms with Gasteiger partial charge in [-0.05, 0) is 60.7 Å². The van der Waals surface area contributed by atoms with Gasteiger partial charge in [-0.3, -0.25) is 0 Å². The molecule has 0 aromatic heterocycles. The van der Waals surface area contributed by atoms with E-state index in [9.17, 15) is 4.79 Å². The molecule has 0 unspecified atom stereocenters. The first-order chi connectivity index (χ1) is 13.1. The molecule has 2 aromatic carbocycles. The zero-order chi connectivity index (χ0) is 19.5. The summed E-state index contributed by atoms with van der Waals surface area (Å²) in [6.45, 7) is 7.35. The molecule has 3 nitrogen and oxygen atoms in total. The lowest BCUT2D eigenvalue weighted by atomic mass is 9.99. The Bertz CT molecular complexity index is 674. The van der Waals surface area contributed by atoms with Crippen molar-refractivity contribution in [2.24, 2.45) is 5.92 Å². The van der Waals surface area contributed by atoms with Crippen LogP contribution in [-0.2, 0) is 6.42 Å². The van der Waals surface area contributed by atoms with Crippen molar-refractivity contribution in [3.63, 3.8) is 0 Å². The number of benzene rings is 2. The van der Waals surface area contributed by atoms with Crippen molar-refractivity contribution in [2.75, 3.05) is 6.61 Å². The van der Waals surface area contributed by atoms with Crippen LogP contribution < -0.4 is 9.47 Å². The highest BCUT2D eigenvalue weighted by molar-refractivity contribution is 5.91. The second-order valence-corrected chi connectivity index (χ2v) is 7.18. The van der Waals surface area contributed by atoms with E-state index in [4.69, 9.17) is 9.47 Å². The Hall–Kier alpha value is -2.29. The Labute approximate surface area is 163 Å². The van der Waals surface area contributed by atoms with Gasteiger partial charge in [0.2, 0.25) is 0 Å². The number of rotatable bonds is 11. The number of unbranched alkanes of at least 4 members (excludes halogenated alkanes) is 3. The zero-order valence-corrected chi connectivity index (χ0v) is 16.9. The average molecular weight is 369 g/mol. The minimum Gasteiger partial charge on any atom is -0.494 e. The molecular weight excluding hydrogens is 336 g/mol. The lowest BCUT2D eigenvalue weighted by molar-refractivity contribution is 0.0734. The van der Waals surface area contributed by atoms with E-state index in [1.54, 1.807) is 12.1 Å². The van der Waals surface area contributed by atoms with Crippen LogP contribution in [0.15, 0.2) is 48.5 Å². The summed E-state index contributed by atoms with van der Waals surface area (Å²) in [4.78, 5) is 12.3. The van der Waals surface area contributed by atoms with Gasteiger partial charge in [0.25, 0.3) is 0 Å². The highest BCUT2D eigenvalue weighted by Crippen LogP contribution is 2.19. The third-order valence-corrected chi connectivity index (χ3v) is 4.77. The zero-order valence-electron chi connectivity index (χ0n) is 16.9. The molecule has 0 fully saturated rings. The van der Waals surface area contributed by atoms with Crippen LogP contribution in [0, 0.1) is 5.92 Å². The van der Waals surface area contributed by atoms with Crippen molar-refractivity contribution in [2.45, 2.75) is 59.3 Å². The fourth-order valence-electron chi connectivity index (χ4n) is 2.81. The first-order valence-electron chi connectivity index (χ1n) is 10.2. The maximum absolute atomic E-state index is 12.3. The Balaban J connectivity index is 1.83. The van der Waals surface area contributed by atoms with Gasteiger partial charge in [-0.25, -0.2) is 4.79 Å². The van der Waals surface area contributed by atoms with Crippen molar-refractivity contribution < 1.29 is 14.3 Å². The molecule has 0 aliphatic carbocycles. The summed E-state index contributed by atoms with van der Waals surface area (Å²) in [6, 6.07) is 14.9. The van der Waals surface area contributed by atoms with E-state index in [1.165, 1.54) is 24.8 Å². The molecule has 0 spiro atoms. The van der Waals surface area contributed by atoms with Gasteiger partial charge in [0, 0.05) is 0 Å². The summed E-state index contributed by atoms with van der Waals surface area (Å²) >= 11 is 0. The van der Waals surface area contributed by atoms with Crippen LogP contribution >= 0.6 is 0 Å². The number of hydrogen-bond acceptors (Lipinski definition) is 3. The predicted molar refractivity (Wildman–Crippen MR) is 111 cm³/mol. The van der Waals surface area contributed by atoms with Gasteiger partial charge >= 0.3 is 5.97 Å². The van der Waals surface area contributed by atoms with E-state index < -0.39 is 0 Å². The molecule has 0 heterocycles. The molecule has 1 atom stereocenters. The average Bonchev–Trinajstić information content (AvgIpc) is 2.69.